The molecular formula is C14H15N3O2. The van der Waals surface area contributed by atoms with Gasteiger partial charge in [-0.1, -0.05) is 30.3 Å². The van der Waals surface area contributed by atoms with E-state index < -0.39 is 0 Å². The van der Waals surface area contributed by atoms with Gasteiger partial charge in [-0.05, 0) is 25.1 Å². The molecule has 0 bridgehead atoms. The molecule has 0 saturated carbocycles. The highest BCUT2D eigenvalue weighted by Crippen LogP contribution is 2.27. The van der Waals surface area contributed by atoms with Crippen LogP contribution in [0.3, 0.4) is 0 Å². The van der Waals surface area contributed by atoms with Crippen LogP contribution in [-0.4, -0.2) is 16.7 Å². The standard InChI is InChI=1S/C14H15N3O2/c1-9(6-7-15)14-16-13(17-19-14)12-8-10-4-2-3-5-11(10)18-12/h2-5,8-9H,6-7,15H2,1H3. The van der Waals surface area contributed by atoms with Crippen molar-refractivity contribution in [3.63, 3.8) is 0 Å². The number of para-hydroxylation sites is 1. The Morgan fingerprint density at radius 3 is 2.95 bits per heavy atom. The second-order valence-electron chi connectivity index (χ2n) is 4.58. The molecule has 2 aromatic heterocycles. The largest absolute Gasteiger partial charge is 0.453 e. The molecule has 0 radical (unpaired) electrons. The Morgan fingerprint density at radius 2 is 2.16 bits per heavy atom. The Morgan fingerprint density at radius 1 is 1.32 bits per heavy atom. The zero-order valence-electron chi connectivity index (χ0n) is 10.7. The predicted molar refractivity (Wildman–Crippen MR) is 71.6 cm³/mol. The summed E-state index contributed by atoms with van der Waals surface area (Å²) in [5.74, 6) is 1.86. The van der Waals surface area contributed by atoms with E-state index in [0.29, 0.717) is 24.0 Å². The summed E-state index contributed by atoms with van der Waals surface area (Å²) in [5.41, 5.74) is 6.35. The Balaban J connectivity index is 1.93. The van der Waals surface area contributed by atoms with E-state index in [2.05, 4.69) is 10.1 Å². The summed E-state index contributed by atoms with van der Waals surface area (Å²) in [6, 6.07) is 9.71. The molecule has 0 spiro atoms. The van der Waals surface area contributed by atoms with Crippen LogP contribution in [0.2, 0.25) is 0 Å². The minimum absolute atomic E-state index is 0.163. The molecule has 2 heterocycles. The number of fused-ring (bicyclic) bond motifs is 1. The molecule has 1 unspecified atom stereocenters. The molecule has 2 N–H and O–H groups in total. The maximum Gasteiger partial charge on any atom is 0.238 e. The molecule has 1 aromatic carbocycles. The zero-order chi connectivity index (χ0) is 13.2. The fourth-order valence-corrected chi connectivity index (χ4v) is 2.00. The van der Waals surface area contributed by atoms with Crippen LogP contribution >= 0.6 is 0 Å². The molecule has 0 aliphatic rings. The lowest BCUT2D eigenvalue weighted by atomic mass is 10.1. The zero-order valence-corrected chi connectivity index (χ0v) is 10.7. The van der Waals surface area contributed by atoms with E-state index in [1.54, 1.807) is 0 Å². The average Bonchev–Trinajstić information content (AvgIpc) is 3.05. The van der Waals surface area contributed by atoms with Gasteiger partial charge in [0, 0.05) is 11.3 Å². The predicted octanol–water partition coefficient (Wildman–Crippen LogP) is 2.94. The Bertz CT molecular complexity index is 654. The van der Waals surface area contributed by atoms with E-state index in [-0.39, 0.29) is 5.92 Å². The summed E-state index contributed by atoms with van der Waals surface area (Å²) < 4.78 is 11.0. The van der Waals surface area contributed by atoms with Crippen LogP contribution in [0.5, 0.6) is 0 Å². The van der Waals surface area contributed by atoms with Gasteiger partial charge in [-0.15, -0.1) is 0 Å². The lowest BCUT2D eigenvalue weighted by Crippen LogP contribution is -2.04. The summed E-state index contributed by atoms with van der Waals surface area (Å²) in [6.45, 7) is 2.62. The maximum atomic E-state index is 5.70. The van der Waals surface area contributed by atoms with Crippen LogP contribution in [0.25, 0.3) is 22.6 Å². The summed E-state index contributed by atoms with van der Waals surface area (Å²) in [4.78, 5) is 4.37. The van der Waals surface area contributed by atoms with Crippen molar-refractivity contribution in [2.24, 2.45) is 5.73 Å². The summed E-state index contributed by atoms with van der Waals surface area (Å²) in [5, 5.41) is 4.99. The summed E-state index contributed by atoms with van der Waals surface area (Å²) in [7, 11) is 0. The number of hydrogen-bond acceptors (Lipinski definition) is 5. The molecule has 5 nitrogen and oxygen atoms in total. The third-order valence-electron chi connectivity index (χ3n) is 3.11. The van der Waals surface area contributed by atoms with E-state index >= 15 is 0 Å². The van der Waals surface area contributed by atoms with Crippen LogP contribution in [0, 0.1) is 0 Å². The average molecular weight is 257 g/mol. The van der Waals surface area contributed by atoms with Crippen LogP contribution < -0.4 is 5.73 Å². The number of hydrogen-bond donors (Lipinski definition) is 1. The molecule has 0 fully saturated rings. The molecule has 1 atom stereocenters. The van der Waals surface area contributed by atoms with Gasteiger partial charge >= 0.3 is 0 Å². The van der Waals surface area contributed by atoms with E-state index in [4.69, 9.17) is 14.7 Å². The molecular weight excluding hydrogens is 242 g/mol. The molecule has 5 heteroatoms. The third-order valence-corrected chi connectivity index (χ3v) is 3.11. The minimum atomic E-state index is 0.163. The second-order valence-corrected chi connectivity index (χ2v) is 4.58. The first-order valence-electron chi connectivity index (χ1n) is 6.30. The van der Waals surface area contributed by atoms with Crippen molar-refractivity contribution < 1.29 is 8.94 Å². The molecule has 0 amide bonds. The Labute approximate surface area is 110 Å². The Hall–Kier alpha value is -2.14. The van der Waals surface area contributed by atoms with Crippen LogP contribution in [0.4, 0.5) is 0 Å². The van der Waals surface area contributed by atoms with Gasteiger partial charge in [0.2, 0.25) is 11.7 Å². The smallest absolute Gasteiger partial charge is 0.238 e. The van der Waals surface area contributed by atoms with Gasteiger partial charge < -0.3 is 14.7 Å². The van der Waals surface area contributed by atoms with Crippen molar-refractivity contribution in [2.75, 3.05) is 6.54 Å². The minimum Gasteiger partial charge on any atom is -0.453 e. The van der Waals surface area contributed by atoms with Crippen molar-refractivity contribution in [1.29, 1.82) is 0 Å². The number of aromatic nitrogens is 2. The van der Waals surface area contributed by atoms with Gasteiger partial charge in [-0.2, -0.15) is 4.98 Å². The van der Waals surface area contributed by atoms with E-state index in [9.17, 15) is 0 Å². The highest BCUT2D eigenvalue weighted by atomic mass is 16.5. The number of nitrogens with zero attached hydrogens (tertiary/aromatic N) is 2. The van der Waals surface area contributed by atoms with Crippen molar-refractivity contribution in [3.05, 3.63) is 36.2 Å². The first kappa shape index (κ1) is 11.9. The lowest BCUT2D eigenvalue weighted by Gasteiger charge is -2.01. The fourth-order valence-electron chi connectivity index (χ4n) is 2.00. The van der Waals surface area contributed by atoms with Gasteiger partial charge in [0.15, 0.2) is 5.76 Å². The van der Waals surface area contributed by atoms with E-state index in [1.165, 1.54) is 0 Å². The van der Waals surface area contributed by atoms with Gasteiger partial charge in [0.25, 0.3) is 0 Å². The highest BCUT2D eigenvalue weighted by Gasteiger charge is 2.17. The molecule has 3 aromatic rings. The first-order chi connectivity index (χ1) is 9.28. The van der Waals surface area contributed by atoms with Gasteiger partial charge in [-0.3, -0.25) is 0 Å². The number of furan rings is 1. The van der Waals surface area contributed by atoms with E-state index in [1.807, 2.05) is 37.3 Å². The fraction of sp³-hybridized carbons (Fsp3) is 0.286. The Kier molecular flexibility index (Phi) is 3.05. The van der Waals surface area contributed by atoms with Crippen LogP contribution in [0.1, 0.15) is 25.2 Å². The first-order valence-corrected chi connectivity index (χ1v) is 6.30. The van der Waals surface area contributed by atoms with Gasteiger partial charge in [0.1, 0.15) is 5.58 Å². The van der Waals surface area contributed by atoms with E-state index in [0.717, 1.165) is 17.4 Å². The maximum absolute atomic E-state index is 5.70. The van der Waals surface area contributed by atoms with Crippen molar-refractivity contribution in [2.45, 2.75) is 19.3 Å². The number of nitrogens with two attached hydrogens (primary N) is 1. The second kappa shape index (κ2) is 4.85. The summed E-state index contributed by atoms with van der Waals surface area (Å²) in [6.07, 6.45) is 0.821. The van der Waals surface area contributed by atoms with Crippen molar-refractivity contribution in [1.82, 2.24) is 10.1 Å². The van der Waals surface area contributed by atoms with Crippen molar-refractivity contribution in [3.8, 4) is 11.6 Å². The number of rotatable bonds is 4. The molecule has 0 saturated heterocycles. The highest BCUT2D eigenvalue weighted by molar-refractivity contribution is 5.81. The quantitative estimate of drug-likeness (QED) is 0.777. The summed E-state index contributed by atoms with van der Waals surface area (Å²) >= 11 is 0. The van der Waals surface area contributed by atoms with Gasteiger partial charge in [0.05, 0.1) is 0 Å². The molecule has 0 aliphatic carbocycles. The molecule has 19 heavy (non-hydrogen) atoms. The van der Waals surface area contributed by atoms with Crippen LogP contribution in [-0.2, 0) is 0 Å². The van der Waals surface area contributed by atoms with Crippen LogP contribution in [0.15, 0.2) is 39.3 Å². The third kappa shape index (κ3) is 2.24. The van der Waals surface area contributed by atoms with Crippen molar-refractivity contribution >= 4 is 11.0 Å². The normalized spacial score (nSPS) is 12.9. The molecule has 98 valence electrons. The monoisotopic (exact) mass is 257 g/mol. The molecule has 3 rings (SSSR count). The van der Waals surface area contributed by atoms with Gasteiger partial charge in [-0.25, -0.2) is 0 Å². The topological polar surface area (TPSA) is 78.1 Å². The molecule has 0 aliphatic heterocycles. The number of benzene rings is 1. The lowest BCUT2D eigenvalue weighted by molar-refractivity contribution is 0.354. The SMILES string of the molecule is CC(CCN)c1nc(-c2cc3ccccc3o2)no1.